The summed E-state index contributed by atoms with van der Waals surface area (Å²) in [6, 6.07) is 9.02. The van der Waals surface area contributed by atoms with E-state index in [2.05, 4.69) is 15.4 Å². The van der Waals surface area contributed by atoms with E-state index in [1.54, 1.807) is 35.4 Å². The summed E-state index contributed by atoms with van der Waals surface area (Å²) >= 11 is 12.1. The minimum atomic E-state index is -0.177. The first-order chi connectivity index (χ1) is 12.5. The van der Waals surface area contributed by atoms with Crippen LogP contribution in [0.25, 0.3) is 5.69 Å². The summed E-state index contributed by atoms with van der Waals surface area (Å²) in [6.45, 7) is 4.44. The third-order valence-electron chi connectivity index (χ3n) is 3.92. The van der Waals surface area contributed by atoms with E-state index in [4.69, 9.17) is 23.2 Å². The van der Waals surface area contributed by atoms with Crippen LogP contribution >= 0.6 is 23.2 Å². The van der Waals surface area contributed by atoms with E-state index >= 15 is 0 Å². The van der Waals surface area contributed by atoms with E-state index in [0.29, 0.717) is 22.2 Å². The Hall–Kier alpha value is -2.37. The Labute approximate surface area is 162 Å². The molecule has 7 heteroatoms. The van der Waals surface area contributed by atoms with Gasteiger partial charge in [0.25, 0.3) is 5.91 Å². The van der Waals surface area contributed by atoms with Crippen LogP contribution in [0.5, 0.6) is 0 Å². The molecule has 0 atom stereocenters. The van der Waals surface area contributed by atoms with Gasteiger partial charge in [-0.25, -0.2) is 4.68 Å². The number of nitrogens with zero attached hydrogens (tertiary/aromatic N) is 3. The number of amides is 1. The summed E-state index contributed by atoms with van der Waals surface area (Å²) in [4.78, 5) is 16.7. The van der Waals surface area contributed by atoms with E-state index in [9.17, 15) is 4.79 Å². The molecule has 0 radical (unpaired) electrons. The average molecular weight is 389 g/mol. The Morgan fingerprint density at radius 1 is 1.19 bits per heavy atom. The molecular weight excluding hydrogens is 371 g/mol. The molecule has 0 aliphatic rings. The number of benzene rings is 1. The van der Waals surface area contributed by atoms with Gasteiger partial charge in [0.2, 0.25) is 0 Å². The SMILES string of the molecule is CC(C)c1c(C(=O)NCc2cccnc2)cnn1-c1ccc(Cl)c(Cl)c1. The zero-order valence-corrected chi connectivity index (χ0v) is 15.9. The molecule has 3 aromatic rings. The van der Waals surface area contributed by atoms with Gasteiger partial charge in [-0.2, -0.15) is 5.10 Å². The lowest BCUT2D eigenvalue weighted by molar-refractivity contribution is 0.0949. The van der Waals surface area contributed by atoms with Gasteiger partial charge in [0, 0.05) is 18.9 Å². The standard InChI is InChI=1S/C19H18Cl2N4O/c1-12(2)18-15(19(26)23-10-13-4-3-7-22-9-13)11-24-25(18)14-5-6-16(20)17(21)8-14/h3-9,11-12H,10H2,1-2H3,(H,23,26). The maximum atomic E-state index is 12.7. The summed E-state index contributed by atoms with van der Waals surface area (Å²) in [7, 11) is 0. The molecule has 1 amide bonds. The molecule has 26 heavy (non-hydrogen) atoms. The molecule has 0 saturated heterocycles. The van der Waals surface area contributed by atoms with Crippen molar-refractivity contribution in [2.24, 2.45) is 0 Å². The van der Waals surface area contributed by atoms with Crippen molar-refractivity contribution in [2.75, 3.05) is 0 Å². The molecule has 2 aromatic heterocycles. The minimum Gasteiger partial charge on any atom is -0.348 e. The lowest BCUT2D eigenvalue weighted by Crippen LogP contribution is -2.24. The average Bonchev–Trinajstić information content (AvgIpc) is 3.08. The number of carbonyl (C=O) groups is 1. The second-order valence-electron chi connectivity index (χ2n) is 6.15. The number of rotatable bonds is 5. The van der Waals surface area contributed by atoms with Crippen molar-refractivity contribution in [3.8, 4) is 5.69 Å². The Bertz CT molecular complexity index is 923. The number of aromatic nitrogens is 3. The normalized spacial score (nSPS) is 11.0. The third kappa shape index (κ3) is 3.89. The van der Waals surface area contributed by atoms with Crippen molar-refractivity contribution >= 4 is 29.1 Å². The van der Waals surface area contributed by atoms with E-state index in [-0.39, 0.29) is 11.8 Å². The summed E-state index contributed by atoms with van der Waals surface area (Å²) < 4.78 is 1.73. The first kappa shape index (κ1) is 18.4. The molecule has 0 bridgehead atoms. The fourth-order valence-electron chi connectivity index (χ4n) is 2.69. The van der Waals surface area contributed by atoms with Gasteiger partial charge >= 0.3 is 0 Å². The van der Waals surface area contributed by atoms with Crippen LogP contribution in [0, 0.1) is 0 Å². The van der Waals surface area contributed by atoms with Gasteiger partial charge in [0.05, 0.1) is 33.2 Å². The summed E-state index contributed by atoms with van der Waals surface area (Å²) in [6.07, 6.45) is 5.00. The Morgan fingerprint density at radius 2 is 2.00 bits per heavy atom. The number of nitrogens with one attached hydrogen (secondary N) is 1. The van der Waals surface area contributed by atoms with Crippen LogP contribution in [-0.2, 0) is 6.54 Å². The summed E-state index contributed by atoms with van der Waals surface area (Å²) in [5.41, 5.74) is 3.04. The largest absolute Gasteiger partial charge is 0.348 e. The maximum absolute atomic E-state index is 12.7. The second kappa shape index (κ2) is 7.89. The molecule has 0 saturated carbocycles. The molecule has 0 fully saturated rings. The Kier molecular flexibility index (Phi) is 5.59. The van der Waals surface area contributed by atoms with E-state index < -0.39 is 0 Å². The van der Waals surface area contributed by atoms with E-state index in [0.717, 1.165) is 16.9 Å². The highest BCUT2D eigenvalue weighted by Crippen LogP contribution is 2.28. The molecule has 0 unspecified atom stereocenters. The summed E-state index contributed by atoms with van der Waals surface area (Å²) in [5, 5.41) is 8.23. The molecule has 1 N–H and O–H groups in total. The number of halogens is 2. The summed E-state index contributed by atoms with van der Waals surface area (Å²) in [5.74, 6) is -0.0880. The van der Waals surface area contributed by atoms with Gasteiger partial charge in [-0.3, -0.25) is 9.78 Å². The topological polar surface area (TPSA) is 59.8 Å². The lowest BCUT2D eigenvalue weighted by atomic mass is 10.0. The van der Waals surface area contributed by atoms with Crippen LogP contribution in [0.4, 0.5) is 0 Å². The van der Waals surface area contributed by atoms with Crippen LogP contribution in [0.3, 0.4) is 0 Å². The molecule has 0 aliphatic carbocycles. The van der Waals surface area contributed by atoms with Gasteiger partial charge in [-0.05, 0) is 35.7 Å². The first-order valence-electron chi connectivity index (χ1n) is 8.18. The quantitative estimate of drug-likeness (QED) is 0.692. The second-order valence-corrected chi connectivity index (χ2v) is 6.97. The maximum Gasteiger partial charge on any atom is 0.255 e. The fourth-order valence-corrected chi connectivity index (χ4v) is 2.98. The molecule has 5 nitrogen and oxygen atoms in total. The van der Waals surface area contributed by atoms with Gasteiger partial charge in [-0.15, -0.1) is 0 Å². The van der Waals surface area contributed by atoms with Crippen LogP contribution < -0.4 is 5.32 Å². The zero-order valence-electron chi connectivity index (χ0n) is 14.4. The smallest absolute Gasteiger partial charge is 0.255 e. The number of carbonyl (C=O) groups excluding carboxylic acids is 1. The number of pyridine rings is 1. The molecule has 2 heterocycles. The van der Waals surface area contributed by atoms with Crippen LogP contribution in [0.15, 0.2) is 48.9 Å². The van der Waals surface area contributed by atoms with Crippen molar-refractivity contribution in [3.63, 3.8) is 0 Å². The van der Waals surface area contributed by atoms with Crippen molar-refractivity contribution in [2.45, 2.75) is 26.3 Å². The van der Waals surface area contributed by atoms with E-state index in [1.807, 2.05) is 32.0 Å². The van der Waals surface area contributed by atoms with Crippen molar-refractivity contribution in [1.29, 1.82) is 0 Å². The van der Waals surface area contributed by atoms with Crippen LogP contribution in [0.1, 0.15) is 41.4 Å². The van der Waals surface area contributed by atoms with Crippen LogP contribution in [0.2, 0.25) is 10.0 Å². The zero-order chi connectivity index (χ0) is 18.7. The predicted octanol–water partition coefficient (Wildman–Crippen LogP) is 4.63. The monoisotopic (exact) mass is 388 g/mol. The molecule has 0 spiro atoms. The molecule has 3 rings (SSSR count). The third-order valence-corrected chi connectivity index (χ3v) is 4.66. The lowest BCUT2D eigenvalue weighted by Gasteiger charge is -2.13. The minimum absolute atomic E-state index is 0.0890. The van der Waals surface area contributed by atoms with E-state index in [1.165, 1.54) is 0 Å². The van der Waals surface area contributed by atoms with Gasteiger partial charge < -0.3 is 5.32 Å². The van der Waals surface area contributed by atoms with Crippen LogP contribution in [-0.4, -0.2) is 20.7 Å². The molecule has 134 valence electrons. The predicted molar refractivity (Wildman–Crippen MR) is 103 cm³/mol. The number of hydrogen-bond donors (Lipinski definition) is 1. The molecular formula is C19H18Cl2N4O. The highest BCUT2D eigenvalue weighted by atomic mass is 35.5. The van der Waals surface area contributed by atoms with Gasteiger partial charge in [0.15, 0.2) is 0 Å². The Morgan fingerprint density at radius 3 is 2.65 bits per heavy atom. The van der Waals surface area contributed by atoms with Crippen molar-refractivity contribution in [1.82, 2.24) is 20.1 Å². The molecule has 1 aromatic carbocycles. The highest BCUT2D eigenvalue weighted by molar-refractivity contribution is 6.42. The highest BCUT2D eigenvalue weighted by Gasteiger charge is 2.21. The van der Waals surface area contributed by atoms with Gasteiger partial charge in [-0.1, -0.05) is 43.1 Å². The van der Waals surface area contributed by atoms with Crippen molar-refractivity contribution < 1.29 is 4.79 Å². The van der Waals surface area contributed by atoms with Gasteiger partial charge in [0.1, 0.15) is 0 Å². The molecule has 0 aliphatic heterocycles. The van der Waals surface area contributed by atoms with Crippen molar-refractivity contribution in [3.05, 3.63) is 75.8 Å². The first-order valence-corrected chi connectivity index (χ1v) is 8.93. The Balaban J connectivity index is 1.89. The fraction of sp³-hybridized carbons (Fsp3) is 0.211. The number of hydrogen-bond acceptors (Lipinski definition) is 3.